The van der Waals surface area contributed by atoms with Crippen LogP contribution >= 0.6 is 0 Å². The molecule has 0 aliphatic heterocycles. The smallest absolute Gasteiger partial charge is 0.0126 e. The number of nitrogens with one attached hydrogen (secondary N) is 1. The van der Waals surface area contributed by atoms with E-state index in [0.717, 1.165) is 41.7 Å². The monoisotopic (exact) mass is 247 g/mol. The van der Waals surface area contributed by atoms with Crippen molar-refractivity contribution in [1.82, 2.24) is 5.32 Å². The first-order valence-corrected chi connectivity index (χ1v) is 8.54. The van der Waals surface area contributed by atoms with Gasteiger partial charge in [0, 0.05) is 12.1 Å². The summed E-state index contributed by atoms with van der Waals surface area (Å²) < 4.78 is 0. The maximum Gasteiger partial charge on any atom is 0.0126 e. The van der Waals surface area contributed by atoms with E-state index in [-0.39, 0.29) is 0 Å². The molecule has 5 aliphatic carbocycles. The van der Waals surface area contributed by atoms with Crippen molar-refractivity contribution < 1.29 is 0 Å². The van der Waals surface area contributed by atoms with Crippen molar-refractivity contribution in [3.8, 4) is 0 Å². The van der Waals surface area contributed by atoms with Gasteiger partial charge in [-0.2, -0.15) is 0 Å². The summed E-state index contributed by atoms with van der Waals surface area (Å²) in [6, 6.07) is 1.67. The summed E-state index contributed by atoms with van der Waals surface area (Å²) in [7, 11) is 0. The van der Waals surface area contributed by atoms with E-state index in [4.69, 9.17) is 0 Å². The van der Waals surface area contributed by atoms with E-state index in [1.807, 2.05) is 0 Å². The van der Waals surface area contributed by atoms with Crippen LogP contribution < -0.4 is 5.32 Å². The summed E-state index contributed by atoms with van der Waals surface area (Å²) in [4.78, 5) is 0. The molecular weight excluding hydrogens is 218 g/mol. The first-order chi connectivity index (χ1) is 8.78. The van der Waals surface area contributed by atoms with Gasteiger partial charge in [-0.05, 0) is 75.0 Å². The van der Waals surface area contributed by atoms with Crippen LogP contribution in [0.3, 0.4) is 0 Å². The van der Waals surface area contributed by atoms with Crippen molar-refractivity contribution in [2.24, 2.45) is 29.6 Å². The molecule has 1 nitrogen and oxygen atoms in total. The normalized spacial score (nSPS) is 48.2. The molecule has 1 heteroatoms. The molecule has 0 aromatic heterocycles. The van der Waals surface area contributed by atoms with E-state index in [9.17, 15) is 0 Å². The maximum atomic E-state index is 4.06. The Morgan fingerprint density at radius 3 is 2.06 bits per heavy atom. The third kappa shape index (κ3) is 2.03. The van der Waals surface area contributed by atoms with Gasteiger partial charge in [0.2, 0.25) is 0 Å². The highest BCUT2D eigenvalue weighted by Crippen LogP contribution is 2.53. The van der Waals surface area contributed by atoms with Gasteiger partial charge in [0.1, 0.15) is 0 Å². The standard InChI is InChI=1S/C17H29N/c1-11(5-12-3-2-4-12)18-17-15-7-13-6-14(9-15)10-16(17)8-13/h11-18H,2-10H2,1H3. The first-order valence-electron chi connectivity index (χ1n) is 8.54. The Labute approximate surface area is 112 Å². The molecule has 0 saturated heterocycles. The molecule has 1 atom stereocenters. The first kappa shape index (κ1) is 11.8. The van der Waals surface area contributed by atoms with E-state index < -0.39 is 0 Å². The van der Waals surface area contributed by atoms with E-state index in [0.29, 0.717) is 0 Å². The topological polar surface area (TPSA) is 12.0 Å². The highest BCUT2D eigenvalue weighted by atomic mass is 15.0. The van der Waals surface area contributed by atoms with Gasteiger partial charge in [-0.25, -0.2) is 0 Å². The van der Waals surface area contributed by atoms with Gasteiger partial charge in [-0.3, -0.25) is 0 Å². The molecule has 0 radical (unpaired) electrons. The molecule has 5 rings (SSSR count). The van der Waals surface area contributed by atoms with Crippen molar-refractivity contribution in [2.45, 2.75) is 76.8 Å². The summed E-state index contributed by atoms with van der Waals surface area (Å²) >= 11 is 0. The second-order valence-corrected chi connectivity index (χ2v) is 8.06. The average Bonchev–Trinajstić information content (AvgIpc) is 2.28. The lowest BCUT2D eigenvalue weighted by Gasteiger charge is -2.55. The fraction of sp³-hybridized carbons (Fsp3) is 1.00. The van der Waals surface area contributed by atoms with Crippen LogP contribution in [-0.4, -0.2) is 12.1 Å². The number of hydrogen-bond acceptors (Lipinski definition) is 1. The van der Waals surface area contributed by atoms with Crippen LogP contribution in [0.4, 0.5) is 0 Å². The summed E-state index contributed by atoms with van der Waals surface area (Å²) in [5, 5.41) is 4.06. The molecule has 5 fully saturated rings. The Bertz CT molecular complexity index is 279. The summed E-state index contributed by atoms with van der Waals surface area (Å²) in [6.07, 6.45) is 13.8. The highest BCUT2D eigenvalue weighted by Gasteiger charge is 2.48. The van der Waals surface area contributed by atoms with E-state index in [1.54, 1.807) is 32.1 Å². The van der Waals surface area contributed by atoms with E-state index in [1.165, 1.54) is 25.7 Å². The Morgan fingerprint density at radius 1 is 0.944 bits per heavy atom. The molecule has 5 saturated carbocycles. The molecule has 1 unspecified atom stereocenters. The summed E-state index contributed by atoms with van der Waals surface area (Å²) in [5.74, 6) is 5.39. The maximum absolute atomic E-state index is 4.06. The van der Waals surface area contributed by atoms with Gasteiger partial charge in [0.25, 0.3) is 0 Å². The molecule has 5 aliphatic rings. The molecule has 0 aromatic carbocycles. The molecule has 1 N–H and O–H groups in total. The van der Waals surface area contributed by atoms with Crippen molar-refractivity contribution in [1.29, 1.82) is 0 Å². The van der Waals surface area contributed by atoms with Crippen molar-refractivity contribution >= 4 is 0 Å². The van der Waals surface area contributed by atoms with E-state index >= 15 is 0 Å². The lowest BCUT2D eigenvalue weighted by molar-refractivity contribution is -0.0183. The van der Waals surface area contributed by atoms with Crippen LogP contribution in [-0.2, 0) is 0 Å². The van der Waals surface area contributed by atoms with Gasteiger partial charge in [0.15, 0.2) is 0 Å². The lowest BCUT2D eigenvalue weighted by atomic mass is 9.54. The minimum absolute atomic E-state index is 0.776. The molecule has 0 amide bonds. The average molecular weight is 247 g/mol. The third-order valence-electron chi connectivity index (χ3n) is 6.62. The zero-order valence-corrected chi connectivity index (χ0v) is 11.9. The Hall–Kier alpha value is -0.0400. The van der Waals surface area contributed by atoms with Crippen LogP contribution in [0.5, 0.6) is 0 Å². The fourth-order valence-electron chi connectivity index (χ4n) is 5.82. The quantitative estimate of drug-likeness (QED) is 0.792. The van der Waals surface area contributed by atoms with Crippen LogP contribution in [0.25, 0.3) is 0 Å². The zero-order valence-electron chi connectivity index (χ0n) is 11.9. The van der Waals surface area contributed by atoms with Crippen molar-refractivity contribution in [3.63, 3.8) is 0 Å². The van der Waals surface area contributed by atoms with Crippen LogP contribution in [0.2, 0.25) is 0 Å². The second-order valence-electron chi connectivity index (χ2n) is 8.06. The number of hydrogen-bond donors (Lipinski definition) is 1. The second kappa shape index (κ2) is 4.51. The van der Waals surface area contributed by atoms with Crippen LogP contribution in [0.15, 0.2) is 0 Å². The van der Waals surface area contributed by atoms with Gasteiger partial charge in [0.05, 0.1) is 0 Å². The Balaban J connectivity index is 1.36. The Kier molecular flexibility index (Phi) is 2.94. The van der Waals surface area contributed by atoms with Crippen molar-refractivity contribution in [2.75, 3.05) is 0 Å². The van der Waals surface area contributed by atoms with E-state index in [2.05, 4.69) is 12.2 Å². The molecule has 18 heavy (non-hydrogen) atoms. The fourth-order valence-corrected chi connectivity index (χ4v) is 5.82. The summed E-state index contributed by atoms with van der Waals surface area (Å²) in [6.45, 7) is 2.45. The van der Waals surface area contributed by atoms with Crippen LogP contribution in [0.1, 0.15) is 64.7 Å². The minimum Gasteiger partial charge on any atom is -0.311 e. The van der Waals surface area contributed by atoms with Gasteiger partial charge < -0.3 is 5.32 Å². The minimum atomic E-state index is 0.776. The molecule has 4 bridgehead atoms. The zero-order chi connectivity index (χ0) is 12.1. The van der Waals surface area contributed by atoms with Crippen molar-refractivity contribution in [3.05, 3.63) is 0 Å². The predicted molar refractivity (Wildman–Crippen MR) is 75.4 cm³/mol. The molecule has 0 aromatic rings. The van der Waals surface area contributed by atoms with Gasteiger partial charge in [-0.1, -0.05) is 19.3 Å². The van der Waals surface area contributed by atoms with Gasteiger partial charge in [-0.15, -0.1) is 0 Å². The largest absolute Gasteiger partial charge is 0.311 e. The molecule has 0 spiro atoms. The third-order valence-corrected chi connectivity index (χ3v) is 6.62. The van der Waals surface area contributed by atoms with Gasteiger partial charge >= 0.3 is 0 Å². The summed E-state index contributed by atoms with van der Waals surface area (Å²) in [5.41, 5.74) is 0. The molecule has 0 heterocycles. The molecule has 102 valence electrons. The Morgan fingerprint density at radius 2 is 1.56 bits per heavy atom. The van der Waals surface area contributed by atoms with Crippen LogP contribution in [0, 0.1) is 29.6 Å². The molecular formula is C17H29N. The number of rotatable bonds is 4. The predicted octanol–water partition coefficient (Wildman–Crippen LogP) is 3.98. The SMILES string of the molecule is CC(CC1CCC1)NC1C2CC3CC(C2)CC1C3. The highest BCUT2D eigenvalue weighted by molar-refractivity contribution is 5.01. The lowest BCUT2D eigenvalue weighted by Crippen LogP contribution is -2.56.